The molecule has 9 heteroatoms. The molecule has 0 spiro atoms. The van der Waals surface area contributed by atoms with Crippen LogP contribution in [-0.2, 0) is 14.4 Å². The quantitative estimate of drug-likeness (QED) is 0.133. The van der Waals surface area contributed by atoms with Crippen molar-refractivity contribution >= 4 is 17.7 Å². The van der Waals surface area contributed by atoms with Gasteiger partial charge in [0.2, 0.25) is 17.7 Å². The highest BCUT2D eigenvalue weighted by atomic mass is 16.3. The smallest absolute Gasteiger partial charge is 0.242 e. The first-order valence-electron chi connectivity index (χ1n) is 18.2. The van der Waals surface area contributed by atoms with Crippen molar-refractivity contribution in [2.24, 2.45) is 11.1 Å². The molecule has 2 atom stereocenters. The Bertz CT molecular complexity index is 804. The van der Waals surface area contributed by atoms with E-state index < -0.39 is 6.10 Å². The van der Waals surface area contributed by atoms with E-state index in [9.17, 15) is 19.5 Å². The summed E-state index contributed by atoms with van der Waals surface area (Å²) < 4.78 is 0. The fraction of sp³-hybridized carbons (Fsp3) is 0.914. The van der Waals surface area contributed by atoms with Gasteiger partial charge in [-0.25, -0.2) is 0 Å². The van der Waals surface area contributed by atoms with Gasteiger partial charge in [-0.05, 0) is 63.5 Å². The van der Waals surface area contributed by atoms with Crippen LogP contribution in [0.5, 0.6) is 0 Å². The molecular formula is C35H67N5O4. The number of rotatable bonds is 24. The second-order valence-electron chi connectivity index (χ2n) is 13.6. The third-order valence-corrected chi connectivity index (χ3v) is 9.93. The Morgan fingerprint density at radius 2 is 1.36 bits per heavy atom. The topological polar surface area (TPSA) is 119 Å². The predicted octanol–water partition coefficient (Wildman–Crippen LogP) is 4.85. The number of likely N-dealkylation sites (tertiary alicyclic amines) is 1. The van der Waals surface area contributed by atoms with Crippen LogP contribution in [0.3, 0.4) is 0 Å². The van der Waals surface area contributed by atoms with Crippen LogP contribution in [0.25, 0.3) is 0 Å². The molecule has 9 nitrogen and oxygen atoms in total. The van der Waals surface area contributed by atoms with Gasteiger partial charge in [-0.3, -0.25) is 19.3 Å². The van der Waals surface area contributed by atoms with Gasteiger partial charge >= 0.3 is 0 Å². The lowest BCUT2D eigenvalue weighted by Gasteiger charge is -2.35. The van der Waals surface area contributed by atoms with Crippen molar-refractivity contribution in [1.82, 2.24) is 20.0 Å². The number of nitrogens with zero attached hydrogens (tertiary/aromatic N) is 3. The van der Waals surface area contributed by atoms with E-state index in [-0.39, 0.29) is 18.4 Å². The molecule has 3 amide bonds. The number of amides is 3. The van der Waals surface area contributed by atoms with Crippen molar-refractivity contribution in [3.05, 3.63) is 0 Å². The van der Waals surface area contributed by atoms with E-state index in [4.69, 9.17) is 5.73 Å². The van der Waals surface area contributed by atoms with Crippen LogP contribution >= 0.6 is 0 Å². The lowest BCUT2D eigenvalue weighted by Crippen LogP contribution is -2.48. The first-order valence-corrected chi connectivity index (χ1v) is 18.2. The van der Waals surface area contributed by atoms with Crippen molar-refractivity contribution in [2.75, 3.05) is 58.9 Å². The zero-order chi connectivity index (χ0) is 32.0. The van der Waals surface area contributed by atoms with Crippen molar-refractivity contribution in [3.8, 4) is 0 Å². The summed E-state index contributed by atoms with van der Waals surface area (Å²) in [5.41, 5.74) is 6.57. The largest absolute Gasteiger partial charge is 0.391 e. The molecule has 4 N–H and O–H groups in total. The van der Waals surface area contributed by atoms with Crippen molar-refractivity contribution in [2.45, 2.75) is 142 Å². The maximum atomic E-state index is 12.8. The Hall–Kier alpha value is -1.71. The molecule has 44 heavy (non-hydrogen) atoms. The SMILES string of the molecule is CCCCCC(CN)(CCC)CCCCCC(=O)N1CCN(CCCCCCCCC(=O)NCC(=O)N2CCC(O)C2)CC1. The Morgan fingerprint density at radius 3 is 2.00 bits per heavy atom. The normalized spacial score (nSPS) is 18.9. The monoisotopic (exact) mass is 622 g/mol. The molecule has 256 valence electrons. The predicted molar refractivity (Wildman–Crippen MR) is 179 cm³/mol. The van der Waals surface area contributed by atoms with Gasteiger partial charge in [0.05, 0.1) is 12.6 Å². The molecule has 2 heterocycles. The molecular weight excluding hydrogens is 554 g/mol. The van der Waals surface area contributed by atoms with E-state index in [0.717, 1.165) is 71.4 Å². The van der Waals surface area contributed by atoms with Gasteiger partial charge < -0.3 is 26.0 Å². The Kier molecular flexibility index (Phi) is 19.9. The maximum Gasteiger partial charge on any atom is 0.242 e. The fourth-order valence-corrected chi connectivity index (χ4v) is 6.96. The van der Waals surface area contributed by atoms with Gasteiger partial charge in [0, 0.05) is 52.1 Å². The zero-order valence-electron chi connectivity index (χ0n) is 28.5. The van der Waals surface area contributed by atoms with Crippen molar-refractivity contribution < 1.29 is 19.5 Å². The number of hydrogen-bond donors (Lipinski definition) is 3. The molecule has 2 aliphatic rings. The second-order valence-corrected chi connectivity index (χ2v) is 13.6. The number of hydrogen-bond acceptors (Lipinski definition) is 6. The average Bonchev–Trinajstić information content (AvgIpc) is 3.47. The van der Waals surface area contributed by atoms with Crippen LogP contribution in [0.4, 0.5) is 0 Å². The molecule has 0 aromatic rings. The summed E-state index contributed by atoms with van der Waals surface area (Å²) in [6.45, 7) is 11.1. The van der Waals surface area contributed by atoms with Crippen LogP contribution in [-0.4, -0.2) is 103 Å². The lowest BCUT2D eigenvalue weighted by molar-refractivity contribution is -0.133. The molecule has 0 bridgehead atoms. The number of aliphatic hydroxyl groups excluding tert-OH is 1. The Morgan fingerprint density at radius 1 is 0.727 bits per heavy atom. The van der Waals surface area contributed by atoms with Gasteiger partial charge in [-0.15, -0.1) is 0 Å². The van der Waals surface area contributed by atoms with Gasteiger partial charge in [0.25, 0.3) is 0 Å². The summed E-state index contributed by atoms with van der Waals surface area (Å²) in [4.78, 5) is 43.0. The number of aliphatic hydroxyl groups is 1. The van der Waals surface area contributed by atoms with Crippen LogP contribution in [0.2, 0.25) is 0 Å². The van der Waals surface area contributed by atoms with Gasteiger partial charge in [-0.1, -0.05) is 78.1 Å². The molecule has 0 radical (unpaired) electrons. The number of carbonyl (C=O) groups is 3. The first-order chi connectivity index (χ1) is 21.3. The third-order valence-electron chi connectivity index (χ3n) is 9.93. The zero-order valence-corrected chi connectivity index (χ0v) is 28.5. The number of carbonyl (C=O) groups excluding carboxylic acids is 3. The standard InChI is InChI=1S/C35H67N5O4/c1-3-5-13-20-35(30-36,19-4-2)21-14-10-12-17-33(43)39-26-24-38(25-27-39)22-15-9-7-6-8-11-16-32(42)37-28-34(44)40-23-18-31(41)29-40/h31,41H,3-30,36H2,1-2H3,(H,37,42). The van der Waals surface area contributed by atoms with E-state index in [1.807, 2.05) is 0 Å². The number of piperazine rings is 1. The number of unbranched alkanes of at least 4 members (excludes halogenated alkanes) is 9. The minimum Gasteiger partial charge on any atom is -0.391 e. The highest BCUT2D eigenvalue weighted by molar-refractivity contribution is 5.84. The minimum atomic E-state index is -0.431. The molecule has 2 unspecified atom stereocenters. The summed E-state index contributed by atoms with van der Waals surface area (Å²) >= 11 is 0. The van der Waals surface area contributed by atoms with E-state index >= 15 is 0 Å². The molecule has 2 saturated heterocycles. The maximum absolute atomic E-state index is 12.8. The summed E-state index contributed by atoms with van der Waals surface area (Å²) in [6.07, 6.45) is 20.0. The highest BCUT2D eigenvalue weighted by Gasteiger charge is 2.27. The number of nitrogens with one attached hydrogen (secondary N) is 1. The van der Waals surface area contributed by atoms with Gasteiger partial charge in [0.1, 0.15) is 0 Å². The van der Waals surface area contributed by atoms with E-state index in [1.165, 1.54) is 70.6 Å². The Labute approximate surface area is 269 Å². The molecule has 2 aliphatic heterocycles. The van der Waals surface area contributed by atoms with E-state index in [1.54, 1.807) is 4.90 Å². The minimum absolute atomic E-state index is 0.0304. The molecule has 0 aliphatic carbocycles. The van der Waals surface area contributed by atoms with E-state index in [2.05, 4.69) is 29.0 Å². The van der Waals surface area contributed by atoms with Gasteiger partial charge in [-0.2, -0.15) is 0 Å². The van der Waals surface area contributed by atoms with Crippen LogP contribution in [0, 0.1) is 5.41 Å². The lowest BCUT2D eigenvalue weighted by atomic mass is 9.74. The summed E-state index contributed by atoms with van der Waals surface area (Å²) in [7, 11) is 0. The fourth-order valence-electron chi connectivity index (χ4n) is 6.96. The summed E-state index contributed by atoms with van der Waals surface area (Å²) in [6, 6.07) is 0. The van der Waals surface area contributed by atoms with E-state index in [0.29, 0.717) is 43.7 Å². The first kappa shape index (κ1) is 38.5. The van der Waals surface area contributed by atoms with Gasteiger partial charge in [0.15, 0.2) is 0 Å². The molecule has 2 rings (SSSR count). The third kappa shape index (κ3) is 15.5. The van der Waals surface area contributed by atoms with Crippen LogP contribution < -0.4 is 11.1 Å². The molecule has 0 aromatic carbocycles. The summed E-state index contributed by atoms with van der Waals surface area (Å²) in [5.74, 6) is 0.154. The summed E-state index contributed by atoms with van der Waals surface area (Å²) in [5, 5.41) is 12.2. The highest BCUT2D eigenvalue weighted by Crippen LogP contribution is 2.35. The van der Waals surface area contributed by atoms with Crippen molar-refractivity contribution in [3.63, 3.8) is 0 Å². The molecule has 0 saturated carbocycles. The van der Waals surface area contributed by atoms with Crippen LogP contribution in [0.1, 0.15) is 136 Å². The van der Waals surface area contributed by atoms with Crippen molar-refractivity contribution in [1.29, 1.82) is 0 Å². The number of β-amino-alcohol motifs (C(OH)–C–C–N with tert-alkyl or cyclic N) is 1. The second kappa shape index (κ2) is 22.7. The molecule has 2 fully saturated rings. The molecule has 0 aromatic heterocycles. The Balaban J connectivity index is 1.43. The average molecular weight is 622 g/mol. The number of nitrogens with two attached hydrogens (primary N) is 1. The van der Waals surface area contributed by atoms with Crippen LogP contribution in [0.15, 0.2) is 0 Å².